The van der Waals surface area contributed by atoms with E-state index in [4.69, 9.17) is 0 Å². The van der Waals surface area contributed by atoms with E-state index in [1.807, 2.05) is 19.9 Å². The predicted octanol–water partition coefficient (Wildman–Crippen LogP) is 3.17. The third-order valence-electron chi connectivity index (χ3n) is 3.22. The molecule has 2 rings (SSSR count). The highest BCUT2D eigenvalue weighted by Gasteiger charge is 2.23. The van der Waals surface area contributed by atoms with E-state index in [1.54, 1.807) is 30.3 Å². The number of carbonyl (C=O) groups excluding carboxylic acids is 1. The lowest BCUT2D eigenvalue weighted by Gasteiger charge is -2.14. The monoisotopic (exact) mass is 303 g/mol. The number of carboxylic acids is 1. The molecule has 2 aromatic rings. The van der Waals surface area contributed by atoms with Crippen LogP contribution in [-0.4, -0.2) is 17.0 Å². The molecule has 21 heavy (non-hydrogen) atoms. The highest BCUT2D eigenvalue weighted by Crippen LogP contribution is 2.23. The average molecular weight is 303 g/mol. The predicted molar refractivity (Wildman–Crippen MR) is 82.7 cm³/mol. The first-order chi connectivity index (χ1) is 10.0. The van der Waals surface area contributed by atoms with Crippen LogP contribution in [0.4, 0.5) is 0 Å². The second kappa shape index (κ2) is 6.54. The van der Waals surface area contributed by atoms with Gasteiger partial charge in [-0.05, 0) is 30.5 Å². The number of rotatable bonds is 5. The molecule has 1 heterocycles. The topological polar surface area (TPSA) is 66.4 Å². The molecule has 1 amide bonds. The van der Waals surface area contributed by atoms with Crippen LogP contribution in [0.1, 0.15) is 38.6 Å². The van der Waals surface area contributed by atoms with Crippen molar-refractivity contribution in [2.45, 2.75) is 26.3 Å². The summed E-state index contributed by atoms with van der Waals surface area (Å²) in [4.78, 5) is 25.3. The molecule has 1 aromatic carbocycles. The van der Waals surface area contributed by atoms with Crippen molar-refractivity contribution in [2.75, 3.05) is 0 Å². The van der Waals surface area contributed by atoms with E-state index >= 15 is 0 Å². The van der Waals surface area contributed by atoms with E-state index in [2.05, 4.69) is 5.32 Å². The Morgan fingerprint density at radius 3 is 2.48 bits per heavy atom. The van der Waals surface area contributed by atoms with E-state index in [-0.39, 0.29) is 5.91 Å². The Labute approximate surface area is 127 Å². The molecule has 4 nitrogen and oxygen atoms in total. The summed E-state index contributed by atoms with van der Waals surface area (Å²) < 4.78 is 0. The molecule has 110 valence electrons. The lowest BCUT2D eigenvalue weighted by atomic mass is 10.1. The number of benzene rings is 1. The van der Waals surface area contributed by atoms with Crippen LogP contribution in [0.15, 0.2) is 36.4 Å². The molecule has 0 radical (unpaired) electrons. The molecule has 0 saturated heterocycles. The van der Waals surface area contributed by atoms with Crippen molar-refractivity contribution in [2.24, 2.45) is 0 Å². The number of hydrogen-bond acceptors (Lipinski definition) is 3. The van der Waals surface area contributed by atoms with Gasteiger partial charge in [0.1, 0.15) is 0 Å². The van der Waals surface area contributed by atoms with Crippen molar-refractivity contribution in [3.8, 4) is 0 Å². The van der Waals surface area contributed by atoms with E-state index < -0.39 is 12.0 Å². The van der Waals surface area contributed by atoms with Gasteiger partial charge < -0.3 is 10.4 Å². The van der Waals surface area contributed by atoms with E-state index in [1.165, 1.54) is 11.3 Å². The van der Waals surface area contributed by atoms with Crippen LogP contribution in [0.25, 0.3) is 0 Å². The largest absolute Gasteiger partial charge is 0.479 e. The van der Waals surface area contributed by atoms with Crippen LogP contribution in [0, 0.1) is 6.92 Å². The van der Waals surface area contributed by atoms with Gasteiger partial charge in [-0.25, -0.2) is 4.79 Å². The van der Waals surface area contributed by atoms with Crippen molar-refractivity contribution in [1.29, 1.82) is 0 Å². The molecular weight excluding hydrogens is 286 g/mol. The molecule has 2 N–H and O–H groups in total. The normalized spacial score (nSPS) is 11.9. The van der Waals surface area contributed by atoms with Crippen LogP contribution in [-0.2, 0) is 11.2 Å². The number of aliphatic carboxylic acids is 1. The molecule has 1 atom stereocenters. The van der Waals surface area contributed by atoms with Crippen LogP contribution < -0.4 is 5.32 Å². The fourth-order valence-electron chi connectivity index (χ4n) is 2.12. The standard InChI is InChI=1S/C16H17NO3S/c1-3-12-10(2)9-13(21-12)15(18)17-14(16(19)20)11-7-5-4-6-8-11/h4-9,14H,3H2,1-2H3,(H,17,18)(H,19,20)/t14-/m1/s1. The first-order valence-corrected chi connectivity index (χ1v) is 7.52. The van der Waals surface area contributed by atoms with Crippen LogP contribution in [0.3, 0.4) is 0 Å². The molecule has 0 spiro atoms. The second-order valence-electron chi connectivity index (χ2n) is 4.73. The van der Waals surface area contributed by atoms with Crippen molar-refractivity contribution in [3.63, 3.8) is 0 Å². The minimum Gasteiger partial charge on any atom is -0.479 e. The molecule has 0 bridgehead atoms. The van der Waals surface area contributed by atoms with Gasteiger partial charge in [-0.15, -0.1) is 11.3 Å². The summed E-state index contributed by atoms with van der Waals surface area (Å²) in [5.41, 5.74) is 1.63. The van der Waals surface area contributed by atoms with Crippen molar-refractivity contribution >= 4 is 23.2 Å². The summed E-state index contributed by atoms with van der Waals surface area (Å²) in [5.74, 6) is -1.42. The molecule has 0 aliphatic rings. The molecular formula is C16H17NO3S. The number of amides is 1. The lowest BCUT2D eigenvalue weighted by molar-refractivity contribution is -0.139. The molecule has 5 heteroatoms. The first kappa shape index (κ1) is 15.3. The highest BCUT2D eigenvalue weighted by molar-refractivity contribution is 7.14. The highest BCUT2D eigenvalue weighted by atomic mass is 32.1. The fourth-order valence-corrected chi connectivity index (χ4v) is 3.14. The van der Waals surface area contributed by atoms with Gasteiger partial charge in [-0.1, -0.05) is 37.3 Å². The maximum absolute atomic E-state index is 12.3. The number of thiophene rings is 1. The molecule has 0 aliphatic heterocycles. The van der Waals surface area contributed by atoms with Crippen molar-refractivity contribution < 1.29 is 14.7 Å². The molecule has 0 unspecified atom stereocenters. The Kier molecular flexibility index (Phi) is 4.75. The third-order valence-corrected chi connectivity index (χ3v) is 4.60. The summed E-state index contributed by atoms with van der Waals surface area (Å²) in [6.07, 6.45) is 0.866. The fraction of sp³-hybridized carbons (Fsp3) is 0.250. The van der Waals surface area contributed by atoms with Crippen molar-refractivity contribution in [3.05, 3.63) is 57.3 Å². The quantitative estimate of drug-likeness (QED) is 0.891. The smallest absolute Gasteiger partial charge is 0.330 e. The zero-order valence-corrected chi connectivity index (χ0v) is 12.7. The van der Waals surface area contributed by atoms with Crippen LogP contribution in [0.2, 0.25) is 0 Å². The number of carbonyl (C=O) groups is 2. The Morgan fingerprint density at radius 1 is 1.29 bits per heavy atom. The van der Waals surface area contributed by atoms with Crippen LogP contribution in [0.5, 0.6) is 0 Å². The average Bonchev–Trinajstić information content (AvgIpc) is 2.86. The third kappa shape index (κ3) is 3.49. The van der Waals surface area contributed by atoms with Gasteiger partial charge in [0.2, 0.25) is 0 Å². The molecule has 1 aromatic heterocycles. The minimum absolute atomic E-state index is 0.348. The van der Waals surface area contributed by atoms with Gasteiger partial charge in [-0.3, -0.25) is 4.79 Å². The lowest BCUT2D eigenvalue weighted by Crippen LogP contribution is -2.33. The second-order valence-corrected chi connectivity index (χ2v) is 5.86. The number of aryl methyl sites for hydroxylation is 2. The van der Waals surface area contributed by atoms with Crippen LogP contribution >= 0.6 is 11.3 Å². The molecule has 0 saturated carbocycles. The first-order valence-electron chi connectivity index (χ1n) is 6.70. The van der Waals surface area contributed by atoms with Gasteiger partial charge >= 0.3 is 5.97 Å². The van der Waals surface area contributed by atoms with Gasteiger partial charge in [0, 0.05) is 4.88 Å². The maximum Gasteiger partial charge on any atom is 0.330 e. The maximum atomic E-state index is 12.3. The SMILES string of the molecule is CCc1sc(C(=O)N[C@@H](C(=O)O)c2ccccc2)cc1C. The Balaban J connectivity index is 2.21. The van der Waals surface area contributed by atoms with Gasteiger partial charge in [-0.2, -0.15) is 0 Å². The summed E-state index contributed by atoms with van der Waals surface area (Å²) in [5, 5.41) is 11.9. The Hall–Kier alpha value is -2.14. The summed E-state index contributed by atoms with van der Waals surface area (Å²) >= 11 is 1.41. The molecule has 0 fully saturated rings. The Morgan fingerprint density at radius 2 is 1.95 bits per heavy atom. The van der Waals surface area contributed by atoms with Gasteiger partial charge in [0.15, 0.2) is 6.04 Å². The minimum atomic E-state index is -1.07. The van der Waals surface area contributed by atoms with Gasteiger partial charge in [0.25, 0.3) is 5.91 Å². The van der Waals surface area contributed by atoms with E-state index in [0.29, 0.717) is 10.4 Å². The number of carboxylic acid groups (broad SMARTS) is 1. The van der Waals surface area contributed by atoms with E-state index in [9.17, 15) is 14.7 Å². The molecule has 0 aliphatic carbocycles. The Bertz CT molecular complexity index is 649. The zero-order chi connectivity index (χ0) is 15.4. The summed E-state index contributed by atoms with van der Waals surface area (Å²) in [7, 11) is 0. The summed E-state index contributed by atoms with van der Waals surface area (Å²) in [6, 6.07) is 9.46. The van der Waals surface area contributed by atoms with E-state index in [0.717, 1.165) is 16.9 Å². The van der Waals surface area contributed by atoms with Gasteiger partial charge in [0.05, 0.1) is 4.88 Å². The summed E-state index contributed by atoms with van der Waals surface area (Å²) in [6.45, 7) is 3.99. The zero-order valence-electron chi connectivity index (χ0n) is 11.9. The van der Waals surface area contributed by atoms with Crippen molar-refractivity contribution in [1.82, 2.24) is 5.32 Å². The number of nitrogens with one attached hydrogen (secondary N) is 1. The number of hydrogen-bond donors (Lipinski definition) is 2.